The predicted octanol–water partition coefficient (Wildman–Crippen LogP) is 5.69. The van der Waals surface area contributed by atoms with Crippen molar-refractivity contribution in [3.63, 3.8) is 0 Å². The van der Waals surface area contributed by atoms with Gasteiger partial charge in [-0.15, -0.1) is 0 Å². The normalized spacial score (nSPS) is 11.8. The first kappa shape index (κ1) is 17.3. The zero-order valence-corrected chi connectivity index (χ0v) is 13.8. The lowest BCUT2D eigenvalue weighted by Gasteiger charge is -2.07. The van der Waals surface area contributed by atoms with Gasteiger partial charge in [0.25, 0.3) is 0 Å². The minimum absolute atomic E-state index is 0.256. The van der Waals surface area contributed by atoms with Crippen LogP contribution in [-0.4, -0.2) is 10.4 Å². The van der Waals surface area contributed by atoms with Crippen molar-refractivity contribution in [3.05, 3.63) is 71.4 Å². The molecule has 0 radical (unpaired) electrons. The lowest BCUT2D eigenvalue weighted by atomic mass is 10.0. The zero-order valence-electron chi connectivity index (χ0n) is 13.8. The van der Waals surface area contributed by atoms with E-state index in [0.717, 1.165) is 42.4 Å². The van der Waals surface area contributed by atoms with Crippen molar-refractivity contribution in [1.29, 1.82) is 0 Å². The van der Waals surface area contributed by atoms with Crippen molar-refractivity contribution in [1.82, 2.24) is 4.57 Å². The molecule has 3 rings (SSSR count). The maximum atomic E-state index is 12.8. The van der Waals surface area contributed by atoms with Crippen molar-refractivity contribution in [2.24, 2.45) is 0 Å². The Morgan fingerprint density at radius 1 is 1.04 bits per heavy atom. The van der Waals surface area contributed by atoms with Crippen molar-refractivity contribution >= 4 is 16.7 Å². The summed E-state index contributed by atoms with van der Waals surface area (Å²) in [4.78, 5) is 12.8. The molecule has 0 aliphatic rings. The van der Waals surface area contributed by atoms with Gasteiger partial charge >= 0.3 is 6.18 Å². The molecule has 2 aromatic carbocycles. The van der Waals surface area contributed by atoms with Crippen LogP contribution in [0.15, 0.2) is 54.7 Å². The molecule has 0 N–H and O–H groups in total. The molecule has 0 saturated heterocycles. The molecule has 5 heteroatoms. The number of aryl methyl sites for hydroxylation is 1. The van der Waals surface area contributed by atoms with Gasteiger partial charge in [-0.05, 0) is 24.6 Å². The zero-order chi connectivity index (χ0) is 18.0. The number of unbranched alkanes of at least 4 members (excludes halogenated alkanes) is 1. The second kappa shape index (κ2) is 6.75. The molecule has 0 amide bonds. The van der Waals surface area contributed by atoms with Gasteiger partial charge in [-0.25, -0.2) is 0 Å². The molecular formula is C20H18F3NO. The fourth-order valence-electron chi connectivity index (χ4n) is 2.91. The van der Waals surface area contributed by atoms with E-state index in [4.69, 9.17) is 0 Å². The van der Waals surface area contributed by atoms with Gasteiger partial charge in [0.05, 0.1) is 5.56 Å². The Balaban J connectivity index is 1.99. The summed E-state index contributed by atoms with van der Waals surface area (Å²) in [7, 11) is 0. The van der Waals surface area contributed by atoms with Crippen LogP contribution in [0.25, 0.3) is 10.9 Å². The van der Waals surface area contributed by atoms with Crippen LogP contribution in [0.4, 0.5) is 13.2 Å². The Hall–Kier alpha value is -2.56. The molecule has 0 fully saturated rings. The Bertz CT molecular complexity index is 891. The van der Waals surface area contributed by atoms with Gasteiger partial charge in [0, 0.05) is 34.8 Å². The third-order valence-electron chi connectivity index (χ3n) is 4.26. The van der Waals surface area contributed by atoms with E-state index in [-0.39, 0.29) is 11.3 Å². The van der Waals surface area contributed by atoms with E-state index in [1.54, 1.807) is 6.20 Å². The fraction of sp³-hybridized carbons (Fsp3) is 0.250. The summed E-state index contributed by atoms with van der Waals surface area (Å²) in [6, 6.07) is 12.0. The lowest BCUT2D eigenvalue weighted by Crippen LogP contribution is -2.06. The number of alkyl halides is 3. The molecule has 0 unspecified atom stereocenters. The highest BCUT2D eigenvalue weighted by Crippen LogP contribution is 2.30. The minimum atomic E-state index is -4.41. The van der Waals surface area contributed by atoms with Crippen molar-refractivity contribution in [2.45, 2.75) is 32.5 Å². The molecule has 1 heterocycles. The number of rotatable bonds is 5. The highest BCUT2D eigenvalue weighted by Gasteiger charge is 2.30. The average molecular weight is 345 g/mol. The van der Waals surface area contributed by atoms with E-state index in [1.165, 1.54) is 12.1 Å². The molecule has 0 bridgehead atoms. The van der Waals surface area contributed by atoms with Crippen LogP contribution in [0.1, 0.15) is 41.3 Å². The SMILES string of the molecule is CCCCn1cc(C(=O)c2ccc(C(F)(F)F)cc2)c2ccccc21. The monoisotopic (exact) mass is 345 g/mol. The smallest absolute Gasteiger partial charge is 0.347 e. The van der Waals surface area contributed by atoms with Crippen LogP contribution in [0.3, 0.4) is 0 Å². The molecule has 1 aromatic heterocycles. The number of carbonyl (C=O) groups excluding carboxylic acids is 1. The van der Waals surface area contributed by atoms with E-state index in [9.17, 15) is 18.0 Å². The Kier molecular flexibility index (Phi) is 4.66. The van der Waals surface area contributed by atoms with Gasteiger partial charge < -0.3 is 4.57 Å². The van der Waals surface area contributed by atoms with Crippen molar-refractivity contribution < 1.29 is 18.0 Å². The predicted molar refractivity (Wildman–Crippen MR) is 91.7 cm³/mol. The Morgan fingerprint density at radius 2 is 1.72 bits per heavy atom. The summed E-state index contributed by atoms with van der Waals surface area (Å²) in [5, 5.41) is 0.823. The first-order valence-corrected chi connectivity index (χ1v) is 8.21. The summed E-state index contributed by atoms with van der Waals surface area (Å²) in [6.07, 6.45) is -0.570. The summed E-state index contributed by atoms with van der Waals surface area (Å²) in [5.74, 6) is -0.264. The number of hydrogen-bond acceptors (Lipinski definition) is 1. The van der Waals surface area contributed by atoms with Crippen LogP contribution >= 0.6 is 0 Å². The number of aromatic nitrogens is 1. The quantitative estimate of drug-likeness (QED) is 0.544. The lowest BCUT2D eigenvalue weighted by molar-refractivity contribution is -0.137. The average Bonchev–Trinajstić information content (AvgIpc) is 2.97. The van der Waals surface area contributed by atoms with E-state index in [1.807, 2.05) is 28.8 Å². The maximum Gasteiger partial charge on any atom is 0.416 e. The van der Waals surface area contributed by atoms with Crippen LogP contribution in [0, 0.1) is 0 Å². The standard InChI is InChI=1S/C20H18F3NO/c1-2-3-12-24-13-17(16-6-4-5-7-18(16)24)19(25)14-8-10-15(11-9-14)20(21,22)23/h4-11,13H,2-3,12H2,1H3. The number of hydrogen-bond donors (Lipinski definition) is 0. The van der Waals surface area contributed by atoms with Gasteiger partial charge in [0.2, 0.25) is 0 Å². The van der Waals surface area contributed by atoms with Gasteiger partial charge in [-0.1, -0.05) is 43.7 Å². The first-order valence-electron chi connectivity index (χ1n) is 8.21. The molecule has 130 valence electrons. The maximum absolute atomic E-state index is 12.8. The molecule has 3 aromatic rings. The van der Waals surface area contributed by atoms with Gasteiger partial charge in [0.1, 0.15) is 0 Å². The molecule has 25 heavy (non-hydrogen) atoms. The highest BCUT2D eigenvalue weighted by atomic mass is 19.4. The van der Waals surface area contributed by atoms with Crippen LogP contribution in [-0.2, 0) is 12.7 Å². The van der Waals surface area contributed by atoms with Crippen LogP contribution in [0.5, 0.6) is 0 Å². The number of ketones is 1. The third-order valence-corrected chi connectivity index (χ3v) is 4.26. The van der Waals surface area contributed by atoms with E-state index in [2.05, 4.69) is 6.92 Å². The summed E-state index contributed by atoms with van der Waals surface area (Å²) in [5.41, 5.74) is 0.985. The van der Waals surface area contributed by atoms with Crippen LogP contribution in [0.2, 0.25) is 0 Å². The number of halogens is 3. The first-order chi connectivity index (χ1) is 11.9. The van der Waals surface area contributed by atoms with Crippen molar-refractivity contribution in [2.75, 3.05) is 0 Å². The Morgan fingerprint density at radius 3 is 2.36 bits per heavy atom. The largest absolute Gasteiger partial charge is 0.416 e. The summed E-state index contributed by atoms with van der Waals surface area (Å²) in [6.45, 7) is 2.90. The molecule has 0 saturated carbocycles. The second-order valence-electron chi connectivity index (χ2n) is 6.01. The number of nitrogens with zero attached hydrogens (tertiary/aromatic N) is 1. The van der Waals surface area contributed by atoms with Crippen molar-refractivity contribution in [3.8, 4) is 0 Å². The molecular weight excluding hydrogens is 327 g/mol. The van der Waals surface area contributed by atoms with Gasteiger partial charge in [-0.3, -0.25) is 4.79 Å². The highest BCUT2D eigenvalue weighted by molar-refractivity contribution is 6.16. The van der Waals surface area contributed by atoms with E-state index < -0.39 is 11.7 Å². The fourth-order valence-corrected chi connectivity index (χ4v) is 2.91. The van der Waals surface area contributed by atoms with Crippen LogP contribution < -0.4 is 0 Å². The molecule has 0 atom stereocenters. The topological polar surface area (TPSA) is 22.0 Å². The summed E-state index contributed by atoms with van der Waals surface area (Å²) >= 11 is 0. The van der Waals surface area contributed by atoms with Gasteiger partial charge in [-0.2, -0.15) is 13.2 Å². The molecule has 0 spiro atoms. The number of benzene rings is 2. The number of fused-ring (bicyclic) bond motifs is 1. The Labute approximate surface area is 143 Å². The minimum Gasteiger partial charge on any atom is -0.347 e. The number of para-hydroxylation sites is 1. The second-order valence-corrected chi connectivity index (χ2v) is 6.01. The van der Waals surface area contributed by atoms with E-state index >= 15 is 0 Å². The third kappa shape index (κ3) is 3.45. The van der Waals surface area contributed by atoms with Gasteiger partial charge in [0.15, 0.2) is 5.78 Å². The van der Waals surface area contributed by atoms with E-state index in [0.29, 0.717) is 5.56 Å². The summed E-state index contributed by atoms with van der Waals surface area (Å²) < 4.78 is 40.1. The molecule has 0 aliphatic carbocycles. The molecule has 2 nitrogen and oxygen atoms in total. The number of carbonyl (C=O) groups is 1. The molecule has 0 aliphatic heterocycles.